The minimum Gasteiger partial charge on any atom is -0.351 e. The smallest absolute Gasteiger partial charge is 0.261 e. The SMILES string of the molecule is Cc1cc(C(=O)NCC2CCC(C)CC2)sc1Br. The Morgan fingerprint density at radius 2 is 2.11 bits per heavy atom. The van der Waals surface area contributed by atoms with E-state index >= 15 is 0 Å². The van der Waals surface area contributed by atoms with Gasteiger partial charge in [-0.2, -0.15) is 0 Å². The summed E-state index contributed by atoms with van der Waals surface area (Å²) in [6.07, 6.45) is 5.14. The van der Waals surface area contributed by atoms with Gasteiger partial charge in [0.1, 0.15) is 0 Å². The number of hydrogen-bond acceptors (Lipinski definition) is 2. The van der Waals surface area contributed by atoms with Gasteiger partial charge in [-0.15, -0.1) is 11.3 Å². The van der Waals surface area contributed by atoms with Gasteiger partial charge in [0.25, 0.3) is 5.91 Å². The molecule has 0 saturated heterocycles. The van der Waals surface area contributed by atoms with Crippen LogP contribution in [-0.2, 0) is 0 Å². The highest BCUT2D eigenvalue weighted by Crippen LogP contribution is 2.29. The summed E-state index contributed by atoms with van der Waals surface area (Å²) in [7, 11) is 0. The summed E-state index contributed by atoms with van der Waals surface area (Å²) in [5.74, 6) is 1.62. The van der Waals surface area contributed by atoms with Crippen molar-refractivity contribution in [2.24, 2.45) is 11.8 Å². The average Bonchev–Trinajstić information content (AvgIpc) is 2.69. The average molecular weight is 330 g/mol. The minimum atomic E-state index is 0.0763. The van der Waals surface area contributed by atoms with E-state index in [2.05, 4.69) is 28.2 Å². The van der Waals surface area contributed by atoms with Crippen molar-refractivity contribution in [3.8, 4) is 0 Å². The molecule has 2 nitrogen and oxygen atoms in total. The van der Waals surface area contributed by atoms with Crippen molar-refractivity contribution in [2.75, 3.05) is 6.54 Å². The van der Waals surface area contributed by atoms with E-state index in [-0.39, 0.29) is 5.91 Å². The molecule has 0 spiro atoms. The number of amides is 1. The number of carbonyl (C=O) groups is 1. The van der Waals surface area contributed by atoms with Crippen molar-refractivity contribution in [2.45, 2.75) is 39.5 Å². The quantitative estimate of drug-likeness (QED) is 0.876. The number of halogens is 1. The van der Waals surface area contributed by atoms with Crippen LogP contribution in [0.25, 0.3) is 0 Å². The second-order valence-electron chi connectivity index (χ2n) is 5.40. The highest BCUT2D eigenvalue weighted by atomic mass is 79.9. The Balaban J connectivity index is 1.81. The third-order valence-electron chi connectivity index (χ3n) is 3.77. The largest absolute Gasteiger partial charge is 0.351 e. The van der Waals surface area contributed by atoms with Crippen molar-refractivity contribution in [1.82, 2.24) is 5.32 Å². The summed E-state index contributed by atoms with van der Waals surface area (Å²) in [5.41, 5.74) is 1.14. The zero-order valence-corrected chi connectivity index (χ0v) is 13.4. The Morgan fingerprint density at radius 1 is 1.44 bits per heavy atom. The molecular formula is C14H20BrNOS. The summed E-state index contributed by atoms with van der Waals surface area (Å²) >= 11 is 4.97. The molecule has 0 aliphatic heterocycles. The van der Waals surface area contributed by atoms with Gasteiger partial charge >= 0.3 is 0 Å². The maximum Gasteiger partial charge on any atom is 0.261 e. The lowest BCUT2D eigenvalue weighted by Gasteiger charge is -2.26. The van der Waals surface area contributed by atoms with Crippen molar-refractivity contribution in [3.05, 3.63) is 20.3 Å². The lowest BCUT2D eigenvalue weighted by atomic mass is 9.83. The van der Waals surface area contributed by atoms with Crippen LogP contribution in [0.1, 0.15) is 47.8 Å². The minimum absolute atomic E-state index is 0.0763. The standard InChI is InChI=1S/C14H20BrNOS/c1-9-3-5-11(6-4-9)8-16-14(17)12-7-10(2)13(15)18-12/h7,9,11H,3-6,8H2,1-2H3,(H,16,17). The van der Waals surface area contributed by atoms with Gasteiger partial charge in [0.15, 0.2) is 0 Å². The summed E-state index contributed by atoms with van der Waals surface area (Å²) in [5, 5.41) is 3.07. The molecule has 1 saturated carbocycles. The van der Waals surface area contributed by atoms with E-state index in [1.54, 1.807) is 0 Å². The molecule has 18 heavy (non-hydrogen) atoms. The van der Waals surface area contributed by atoms with Crippen molar-refractivity contribution in [3.63, 3.8) is 0 Å². The van der Waals surface area contributed by atoms with E-state index < -0.39 is 0 Å². The van der Waals surface area contributed by atoms with Crippen molar-refractivity contribution >= 4 is 33.2 Å². The van der Waals surface area contributed by atoms with E-state index in [9.17, 15) is 4.79 Å². The highest BCUT2D eigenvalue weighted by molar-refractivity contribution is 9.11. The normalized spacial score (nSPS) is 23.9. The molecule has 0 unspecified atom stereocenters. The summed E-state index contributed by atoms with van der Waals surface area (Å²) in [6, 6.07) is 1.95. The van der Waals surface area contributed by atoms with Crippen LogP contribution in [0.3, 0.4) is 0 Å². The van der Waals surface area contributed by atoms with Gasteiger partial charge in [-0.3, -0.25) is 4.79 Å². The van der Waals surface area contributed by atoms with Crippen molar-refractivity contribution in [1.29, 1.82) is 0 Å². The van der Waals surface area contributed by atoms with Gasteiger partial charge in [-0.1, -0.05) is 19.8 Å². The lowest BCUT2D eigenvalue weighted by Crippen LogP contribution is -2.30. The third-order valence-corrected chi connectivity index (χ3v) is 5.90. The van der Waals surface area contributed by atoms with E-state index in [0.29, 0.717) is 5.92 Å². The van der Waals surface area contributed by atoms with Gasteiger partial charge in [-0.25, -0.2) is 0 Å². The molecule has 0 radical (unpaired) electrons. The molecule has 2 rings (SSSR count). The molecular weight excluding hydrogens is 310 g/mol. The first-order chi connectivity index (χ1) is 8.56. The maximum atomic E-state index is 12.0. The van der Waals surface area contributed by atoms with Crippen LogP contribution >= 0.6 is 27.3 Å². The van der Waals surface area contributed by atoms with Gasteiger partial charge in [0, 0.05) is 6.54 Å². The van der Waals surface area contributed by atoms with Gasteiger partial charge in [0.05, 0.1) is 8.66 Å². The molecule has 1 aliphatic carbocycles. The Labute approximate surface area is 121 Å². The monoisotopic (exact) mass is 329 g/mol. The van der Waals surface area contributed by atoms with E-state index in [0.717, 1.165) is 26.7 Å². The van der Waals surface area contributed by atoms with Crippen LogP contribution in [0.5, 0.6) is 0 Å². The summed E-state index contributed by atoms with van der Waals surface area (Å²) in [4.78, 5) is 12.8. The van der Waals surface area contributed by atoms with Crippen LogP contribution < -0.4 is 5.32 Å². The van der Waals surface area contributed by atoms with Crippen molar-refractivity contribution < 1.29 is 4.79 Å². The Morgan fingerprint density at radius 3 is 2.67 bits per heavy atom. The molecule has 1 amide bonds. The fourth-order valence-electron chi connectivity index (χ4n) is 2.43. The molecule has 1 heterocycles. The molecule has 0 aromatic carbocycles. The summed E-state index contributed by atoms with van der Waals surface area (Å²) < 4.78 is 1.05. The Bertz CT molecular complexity index is 402. The number of carbonyl (C=O) groups excluding carboxylic acids is 1. The fraction of sp³-hybridized carbons (Fsp3) is 0.643. The fourth-order valence-corrected chi connectivity index (χ4v) is 3.88. The second-order valence-corrected chi connectivity index (χ2v) is 7.77. The Kier molecular flexibility index (Phi) is 4.84. The Hall–Kier alpha value is -0.350. The van der Waals surface area contributed by atoms with Gasteiger partial charge < -0.3 is 5.32 Å². The predicted molar refractivity (Wildman–Crippen MR) is 80.2 cm³/mol. The first-order valence-electron chi connectivity index (χ1n) is 6.60. The number of nitrogens with one attached hydrogen (secondary N) is 1. The molecule has 1 aliphatic rings. The number of aryl methyl sites for hydroxylation is 1. The first kappa shape index (κ1) is 14.1. The lowest BCUT2D eigenvalue weighted by molar-refractivity contribution is 0.0946. The number of hydrogen-bond donors (Lipinski definition) is 1. The molecule has 0 bridgehead atoms. The molecule has 1 fully saturated rings. The summed E-state index contributed by atoms with van der Waals surface area (Å²) in [6.45, 7) is 5.17. The highest BCUT2D eigenvalue weighted by Gasteiger charge is 2.19. The maximum absolute atomic E-state index is 12.0. The van der Waals surface area contributed by atoms with Crippen LogP contribution in [0.2, 0.25) is 0 Å². The third kappa shape index (κ3) is 3.58. The molecule has 4 heteroatoms. The van der Waals surface area contributed by atoms with E-state index in [4.69, 9.17) is 0 Å². The molecule has 100 valence electrons. The predicted octanol–water partition coefficient (Wildman–Crippen LogP) is 4.38. The molecule has 1 aromatic rings. The zero-order valence-electron chi connectivity index (χ0n) is 11.0. The van der Waals surface area contributed by atoms with Crippen LogP contribution in [0, 0.1) is 18.8 Å². The van der Waals surface area contributed by atoms with Gasteiger partial charge in [-0.05, 0) is 59.2 Å². The van der Waals surface area contributed by atoms with Crippen LogP contribution in [0.15, 0.2) is 9.85 Å². The first-order valence-corrected chi connectivity index (χ1v) is 8.21. The second kappa shape index (κ2) is 6.20. The zero-order chi connectivity index (χ0) is 13.1. The number of thiophene rings is 1. The van der Waals surface area contributed by atoms with Crippen LogP contribution in [0.4, 0.5) is 0 Å². The number of rotatable bonds is 3. The van der Waals surface area contributed by atoms with Gasteiger partial charge in [0.2, 0.25) is 0 Å². The van der Waals surface area contributed by atoms with E-state index in [1.165, 1.54) is 37.0 Å². The topological polar surface area (TPSA) is 29.1 Å². The molecule has 1 N–H and O–H groups in total. The van der Waals surface area contributed by atoms with E-state index in [1.807, 2.05) is 13.0 Å². The van der Waals surface area contributed by atoms with Crippen LogP contribution in [-0.4, -0.2) is 12.5 Å². The molecule has 1 aromatic heterocycles. The molecule has 0 atom stereocenters.